The van der Waals surface area contributed by atoms with Crippen LogP contribution in [0.1, 0.15) is 27.7 Å². The molecule has 0 aliphatic rings. The molecule has 5 nitrogen and oxygen atoms in total. The van der Waals surface area contributed by atoms with Gasteiger partial charge in [-0.3, -0.25) is 0 Å². The van der Waals surface area contributed by atoms with Crippen molar-refractivity contribution in [1.82, 2.24) is 9.97 Å². The lowest BCUT2D eigenvalue weighted by Gasteiger charge is -2.15. The van der Waals surface area contributed by atoms with Gasteiger partial charge in [0.15, 0.2) is 5.13 Å². The number of fused-ring (bicyclic) bond motifs is 1. The topological polar surface area (TPSA) is 59.1 Å². The zero-order valence-electron chi connectivity index (χ0n) is 16.6. The van der Waals surface area contributed by atoms with Crippen LogP contribution in [0.4, 0.5) is 24.0 Å². The van der Waals surface area contributed by atoms with Crippen LogP contribution in [-0.2, 0) is 0 Å². The van der Waals surface area contributed by atoms with Crippen LogP contribution in [0, 0.1) is 0 Å². The van der Waals surface area contributed by atoms with Crippen molar-refractivity contribution in [2.75, 3.05) is 17.2 Å². The van der Waals surface area contributed by atoms with Crippen LogP contribution in [0.25, 0.3) is 22.3 Å². The Morgan fingerprint density at radius 2 is 1.83 bits per heavy atom. The first-order valence-corrected chi connectivity index (χ1v) is 10.1. The maximum atomic E-state index is 12.5. The van der Waals surface area contributed by atoms with Gasteiger partial charge in [0, 0.05) is 28.6 Å². The van der Waals surface area contributed by atoms with Gasteiger partial charge in [-0.2, -0.15) is 13.2 Å². The highest BCUT2D eigenvalue weighted by atomic mass is 32.1. The van der Waals surface area contributed by atoms with Crippen molar-refractivity contribution in [2.45, 2.75) is 46.0 Å². The van der Waals surface area contributed by atoms with Gasteiger partial charge in [-0.15, -0.1) is 11.3 Å². The molecular weight excluding hydrogens is 401 g/mol. The number of hydrogen-bond donors (Lipinski definition) is 2. The second-order valence-electron chi connectivity index (χ2n) is 7.21. The smallest absolute Gasteiger partial charge is 0.405 e. The van der Waals surface area contributed by atoms with E-state index in [1.807, 2.05) is 39.1 Å². The molecule has 2 N–H and O–H groups in total. The summed E-state index contributed by atoms with van der Waals surface area (Å²) in [5.41, 5.74) is 2.17. The predicted molar refractivity (Wildman–Crippen MR) is 112 cm³/mol. The Bertz CT molecular complexity index is 986. The molecule has 0 saturated heterocycles. The van der Waals surface area contributed by atoms with Gasteiger partial charge in [-0.05, 0) is 45.9 Å². The second-order valence-corrected chi connectivity index (χ2v) is 8.07. The summed E-state index contributed by atoms with van der Waals surface area (Å²) < 4.78 is 43.5. The fourth-order valence-corrected chi connectivity index (χ4v) is 3.55. The number of aromatic nitrogens is 2. The first-order valence-electron chi connectivity index (χ1n) is 9.25. The van der Waals surface area contributed by atoms with Crippen LogP contribution in [0.15, 0.2) is 29.6 Å². The third kappa shape index (κ3) is 5.72. The van der Waals surface area contributed by atoms with Crippen molar-refractivity contribution in [1.29, 1.82) is 0 Å². The molecule has 0 bridgehead atoms. The number of halogens is 3. The van der Waals surface area contributed by atoms with Crippen molar-refractivity contribution >= 4 is 33.1 Å². The summed E-state index contributed by atoms with van der Waals surface area (Å²) in [5, 5.41) is 9.05. The van der Waals surface area contributed by atoms with Crippen molar-refractivity contribution in [3.63, 3.8) is 0 Å². The van der Waals surface area contributed by atoms with Crippen LogP contribution in [0.5, 0.6) is 5.75 Å². The Hall–Kier alpha value is -2.55. The summed E-state index contributed by atoms with van der Waals surface area (Å²) in [6.07, 6.45) is -4.36. The molecule has 3 aromatic rings. The number of ether oxygens (including phenoxy) is 1. The van der Waals surface area contributed by atoms with Gasteiger partial charge in [0.2, 0.25) is 0 Å². The lowest BCUT2D eigenvalue weighted by Crippen LogP contribution is -2.21. The van der Waals surface area contributed by atoms with Gasteiger partial charge >= 0.3 is 6.18 Å². The van der Waals surface area contributed by atoms with E-state index in [0.29, 0.717) is 28.3 Å². The molecule has 1 aromatic carbocycles. The Labute approximate surface area is 171 Å². The molecule has 9 heteroatoms. The number of alkyl halides is 3. The highest BCUT2D eigenvalue weighted by Gasteiger charge is 2.26. The molecule has 2 heterocycles. The summed E-state index contributed by atoms with van der Waals surface area (Å²) in [7, 11) is 0. The van der Waals surface area contributed by atoms with Gasteiger partial charge < -0.3 is 15.4 Å². The highest BCUT2D eigenvalue weighted by Crippen LogP contribution is 2.33. The number of nitrogens with one attached hydrogen (secondary N) is 2. The third-order valence-electron chi connectivity index (χ3n) is 3.81. The van der Waals surface area contributed by atoms with Crippen molar-refractivity contribution < 1.29 is 17.9 Å². The molecule has 29 heavy (non-hydrogen) atoms. The predicted octanol–water partition coefficient (Wildman–Crippen LogP) is 5.94. The van der Waals surface area contributed by atoms with Gasteiger partial charge in [0.25, 0.3) is 0 Å². The van der Waals surface area contributed by atoms with E-state index in [0.717, 1.165) is 10.5 Å². The van der Waals surface area contributed by atoms with E-state index in [4.69, 9.17) is 4.74 Å². The number of hydrogen-bond acceptors (Lipinski definition) is 6. The minimum absolute atomic E-state index is 0.0647. The Morgan fingerprint density at radius 1 is 1.07 bits per heavy atom. The van der Waals surface area contributed by atoms with E-state index in [2.05, 4.69) is 20.6 Å². The van der Waals surface area contributed by atoms with Crippen LogP contribution < -0.4 is 15.4 Å². The van der Waals surface area contributed by atoms with E-state index < -0.39 is 12.7 Å². The summed E-state index contributed by atoms with van der Waals surface area (Å²) >= 11 is 1.47. The zero-order valence-corrected chi connectivity index (χ0v) is 17.4. The first kappa shape index (κ1) is 21.2. The number of pyridine rings is 1. The van der Waals surface area contributed by atoms with Crippen molar-refractivity contribution in [3.8, 4) is 17.1 Å². The molecule has 0 radical (unpaired) electrons. The van der Waals surface area contributed by atoms with E-state index in [1.165, 1.54) is 11.3 Å². The Kier molecular flexibility index (Phi) is 6.16. The molecule has 0 fully saturated rings. The van der Waals surface area contributed by atoms with Crippen LogP contribution in [0.2, 0.25) is 0 Å². The quantitative estimate of drug-likeness (QED) is 0.492. The number of benzene rings is 1. The monoisotopic (exact) mass is 424 g/mol. The molecule has 0 spiro atoms. The minimum Gasteiger partial charge on any atom is -0.490 e. The van der Waals surface area contributed by atoms with Crippen LogP contribution >= 0.6 is 11.3 Å². The van der Waals surface area contributed by atoms with E-state index in [1.54, 1.807) is 18.2 Å². The zero-order chi connectivity index (χ0) is 21.2. The second kappa shape index (κ2) is 8.44. The van der Waals surface area contributed by atoms with E-state index in [-0.39, 0.29) is 12.1 Å². The fraction of sp³-hybridized carbons (Fsp3) is 0.400. The number of rotatable bonds is 7. The summed E-state index contributed by atoms with van der Waals surface area (Å²) in [5.74, 6) is 0.619. The molecule has 2 aromatic heterocycles. The standard InChI is InChI=1S/C20H23F3N4OS/c1-11(2)25-19-27-17(9-29-19)16-8-18(28-12(3)4)14-6-5-13(7-15(14)26-16)24-10-20(21,22)23/h5-9,11-12,24H,10H2,1-4H3,(H,25,27). The molecule has 3 rings (SSSR count). The maximum absolute atomic E-state index is 12.5. The molecule has 0 aliphatic heterocycles. The van der Waals surface area contributed by atoms with E-state index in [9.17, 15) is 13.2 Å². The normalized spacial score (nSPS) is 12.0. The molecule has 0 atom stereocenters. The lowest BCUT2D eigenvalue weighted by molar-refractivity contribution is -0.115. The number of thiazole rings is 1. The molecular formula is C20H23F3N4OS. The summed E-state index contributed by atoms with van der Waals surface area (Å²) in [6.45, 7) is 6.78. The fourth-order valence-electron chi connectivity index (χ4n) is 2.70. The molecule has 0 unspecified atom stereocenters. The van der Waals surface area contributed by atoms with Crippen LogP contribution in [-0.4, -0.2) is 34.8 Å². The van der Waals surface area contributed by atoms with Crippen molar-refractivity contribution in [3.05, 3.63) is 29.6 Å². The van der Waals surface area contributed by atoms with Gasteiger partial charge in [0.1, 0.15) is 18.0 Å². The molecule has 0 amide bonds. The Morgan fingerprint density at radius 3 is 2.48 bits per heavy atom. The lowest BCUT2D eigenvalue weighted by atomic mass is 10.1. The van der Waals surface area contributed by atoms with Gasteiger partial charge in [-0.25, -0.2) is 9.97 Å². The van der Waals surface area contributed by atoms with Crippen molar-refractivity contribution in [2.24, 2.45) is 0 Å². The Balaban J connectivity index is 2.01. The minimum atomic E-state index is -4.30. The van der Waals surface area contributed by atoms with Gasteiger partial charge in [-0.1, -0.05) is 0 Å². The summed E-state index contributed by atoms with van der Waals surface area (Å²) in [4.78, 5) is 9.19. The molecule has 0 aliphatic carbocycles. The SMILES string of the molecule is CC(C)Nc1nc(-c2cc(OC(C)C)c3ccc(NCC(F)(F)F)cc3n2)cs1. The average Bonchev–Trinajstić information content (AvgIpc) is 3.06. The highest BCUT2D eigenvalue weighted by molar-refractivity contribution is 7.14. The van der Waals surface area contributed by atoms with Crippen LogP contribution in [0.3, 0.4) is 0 Å². The van der Waals surface area contributed by atoms with E-state index >= 15 is 0 Å². The number of nitrogens with zero attached hydrogens (tertiary/aromatic N) is 2. The van der Waals surface area contributed by atoms with Gasteiger partial charge in [0.05, 0.1) is 17.3 Å². The average molecular weight is 424 g/mol. The summed E-state index contributed by atoms with van der Waals surface area (Å²) in [6, 6.07) is 6.98. The maximum Gasteiger partial charge on any atom is 0.405 e. The first-order chi connectivity index (χ1) is 13.6. The number of anilines is 2. The largest absolute Gasteiger partial charge is 0.490 e. The molecule has 0 saturated carbocycles. The molecule has 156 valence electrons. The third-order valence-corrected chi connectivity index (χ3v) is 4.58.